The van der Waals surface area contributed by atoms with E-state index in [0.29, 0.717) is 5.75 Å². The van der Waals surface area contributed by atoms with Gasteiger partial charge in [-0.15, -0.1) is 0 Å². The van der Waals surface area contributed by atoms with E-state index in [1.807, 2.05) is 0 Å². The minimum Gasteiger partial charge on any atom is -0.495 e. The molecule has 0 radical (unpaired) electrons. The second kappa shape index (κ2) is 5.30. The predicted octanol–water partition coefficient (Wildman–Crippen LogP) is 2.22. The van der Waals surface area contributed by atoms with Gasteiger partial charge in [0.2, 0.25) is 0 Å². The Labute approximate surface area is 110 Å². The molecule has 0 heterocycles. The van der Waals surface area contributed by atoms with Crippen molar-refractivity contribution in [3.05, 3.63) is 22.2 Å². The van der Waals surface area contributed by atoms with Crippen molar-refractivity contribution in [2.24, 2.45) is 0 Å². The molecule has 1 aromatic carbocycles. The van der Waals surface area contributed by atoms with Gasteiger partial charge in [-0.1, -0.05) is 23.2 Å². The minimum atomic E-state index is -3.61. The van der Waals surface area contributed by atoms with Crippen molar-refractivity contribution < 1.29 is 13.2 Å². The third kappa shape index (κ3) is 3.38. The Morgan fingerprint density at radius 2 is 1.82 bits per heavy atom. The molecule has 1 N–H and O–H groups in total. The van der Waals surface area contributed by atoms with Crippen LogP contribution < -0.4 is 9.46 Å². The number of ether oxygens (including phenoxy) is 1. The first kappa shape index (κ1) is 14.4. The molecule has 5 nitrogen and oxygen atoms in total. The molecule has 0 saturated heterocycles. The molecule has 0 aliphatic rings. The molecule has 17 heavy (non-hydrogen) atoms. The van der Waals surface area contributed by atoms with Crippen LogP contribution in [-0.2, 0) is 10.2 Å². The molecule has 0 aromatic heterocycles. The summed E-state index contributed by atoms with van der Waals surface area (Å²) >= 11 is 11.8. The molecule has 0 unspecified atom stereocenters. The van der Waals surface area contributed by atoms with Gasteiger partial charge in [0.25, 0.3) is 0 Å². The number of hydrogen-bond acceptors (Lipinski definition) is 3. The molecule has 0 saturated carbocycles. The van der Waals surface area contributed by atoms with Gasteiger partial charge in [-0.05, 0) is 6.07 Å². The first-order chi connectivity index (χ1) is 7.77. The van der Waals surface area contributed by atoms with Crippen molar-refractivity contribution in [3.63, 3.8) is 0 Å². The Balaban J connectivity index is 3.13. The van der Waals surface area contributed by atoms with Crippen LogP contribution in [0.4, 0.5) is 5.69 Å². The average molecular weight is 299 g/mol. The molecule has 0 aliphatic carbocycles. The van der Waals surface area contributed by atoms with E-state index in [1.165, 1.54) is 33.3 Å². The van der Waals surface area contributed by atoms with E-state index in [4.69, 9.17) is 27.9 Å². The van der Waals surface area contributed by atoms with Crippen LogP contribution in [0.3, 0.4) is 0 Å². The van der Waals surface area contributed by atoms with Crippen LogP contribution in [0.15, 0.2) is 12.1 Å². The molecule has 1 rings (SSSR count). The van der Waals surface area contributed by atoms with E-state index < -0.39 is 10.2 Å². The van der Waals surface area contributed by atoms with E-state index in [-0.39, 0.29) is 15.7 Å². The molecule has 0 atom stereocenters. The second-order valence-corrected chi connectivity index (χ2v) is 6.06. The molecule has 0 spiro atoms. The number of anilines is 1. The maximum absolute atomic E-state index is 11.6. The number of rotatable bonds is 4. The van der Waals surface area contributed by atoms with Gasteiger partial charge in [0.15, 0.2) is 0 Å². The van der Waals surface area contributed by atoms with Gasteiger partial charge >= 0.3 is 10.2 Å². The summed E-state index contributed by atoms with van der Waals surface area (Å²) in [5.74, 6) is 0.379. The number of benzene rings is 1. The van der Waals surface area contributed by atoms with E-state index in [9.17, 15) is 8.42 Å². The van der Waals surface area contributed by atoms with E-state index in [1.54, 1.807) is 0 Å². The van der Waals surface area contributed by atoms with Gasteiger partial charge in [0, 0.05) is 20.2 Å². The molecular formula is C9H12Cl2N2O3S. The normalized spacial score (nSPS) is 11.6. The topological polar surface area (TPSA) is 58.6 Å². The highest BCUT2D eigenvalue weighted by Crippen LogP contribution is 2.34. The second-order valence-electron chi connectivity index (χ2n) is 3.36. The van der Waals surface area contributed by atoms with Gasteiger partial charge < -0.3 is 4.74 Å². The molecule has 1 aromatic rings. The SMILES string of the molecule is COc1cc(Cl)c(NS(=O)(=O)N(C)C)cc1Cl. The average Bonchev–Trinajstić information content (AvgIpc) is 2.22. The number of nitrogens with zero attached hydrogens (tertiary/aromatic N) is 1. The highest BCUT2D eigenvalue weighted by Gasteiger charge is 2.16. The Bertz CT molecular complexity index is 517. The van der Waals surface area contributed by atoms with Crippen molar-refractivity contribution >= 4 is 39.1 Å². The lowest BCUT2D eigenvalue weighted by atomic mass is 10.3. The summed E-state index contributed by atoms with van der Waals surface area (Å²) in [5, 5.41) is 0.477. The van der Waals surface area contributed by atoms with Crippen LogP contribution in [0, 0.1) is 0 Å². The lowest BCUT2D eigenvalue weighted by Crippen LogP contribution is -2.29. The van der Waals surface area contributed by atoms with E-state index in [0.717, 1.165) is 4.31 Å². The van der Waals surface area contributed by atoms with Crippen LogP contribution in [0.5, 0.6) is 5.75 Å². The lowest BCUT2D eigenvalue weighted by Gasteiger charge is -2.15. The highest BCUT2D eigenvalue weighted by molar-refractivity contribution is 7.90. The number of nitrogens with one attached hydrogen (secondary N) is 1. The summed E-state index contributed by atoms with van der Waals surface area (Å²) in [6.07, 6.45) is 0. The first-order valence-corrected chi connectivity index (χ1v) is 6.71. The first-order valence-electron chi connectivity index (χ1n) is 4.51. The van der Waals surface area contributed by atoms with Gasteiger partial charge in [0.1, 0.15) is 5.75 Å². The van der Waals surface area contributed by atoms with Crippen molar-refractivity contribution in [3.8, 4) is 5.75 Å². The summed E-state index contributed by atoms with van der Waals surface area (Å²) in [5.41, 5.74) is 0.200. The Morgan fingerprint density at radius 1 is 1.24 bits per heavy atom. The molecule has 0 amide bonds. The van der Waals surface area contributed by atoms with Crippen LogP contribution in [0.1, 0.15) is 0 Å². The molecule has 0 aliphatic heterocycles. The largest absolute Gasteiger partial charge is 0.495 e. The van der Waals surface area contributed by atoms with Crippen LogP contribution >= 0.6 is 23.2 Å². The highest BCUT2D eigenvalue weighted by atomic mass is 35.5. The van der Waals surface area contributed by atoms with E-state index >= 15 is 0 Å². The summed E-state index contributed by atoms with van der Waals surface area (Å²) in [4.78, 5) is 0. The van der Waals surface area contributed by atoms with Crippen molar-refractivity contribution in [1.29, 1.82) is 0 Å². The standard InChI is InChI=1S/C9H12Cl2N2O3S/c1-13(2)17(14,15)12-8-4-7(11)9(16-3)5-6(8)10/h4-5,12H,1-3H3. The molecule has 0 bridgehead atoms. The van der Waals surface area contributed by atoms with Crippen molar-refractivity contribution in [2.75, 3.05) is 25.9 Å². The van der Waals surface area contributed by atoms with Gasteiger partial charge in [-0.3, -0.25) is 4.72 Å². The third-order valence-electron chi connectivity index (χ3n) is 1.96. The zero-order valence-electron chi connectivity index (χ0n) is 9.49. The van der Waals surface area contributed by atoms with E-state index in [2.05, 4.69) is 4.72 Å². The van der Waals surface area contributed by atoms with Gasteiger partial charge in [-0.2, -0.15) is 12.7 Å². The fourth-order valence-electron chi connectivity index (χ4n) is 0.993. The summed E-state index contributed by atoms with van der Waals surface area (Å²) in [7, 11) is 0.643. The lowest BCUT2D eigenvalue weighted by molar-refractivity contribution is 0.415. The van der Waals surface area contributed by atoms with Crippen LogP contribution in [0.2, 0.25) is 10.0 Å². The number of methoxy groups -OCH3 is 1. The smallest absolute Gasteiger partial charge is 0.301 e. The predicted molar refractivity (Wildman–Crippen MR) is 69.2 cm³/mol. The summed E-state index contributed by atoms with van der Waals surface area (Å²) < 4.78 is 31.5. The van der Waals surface area contributed by atoms with Gasteiger partial charge in [-0.25, -0.2) is 0 Å². The Morgan fingerprint density at radius 3 is 2.29 bits per heavy atom. The molecule has 96 valence electrons. The fourth-order valence-corrected chi connectivity index (χ4v) is 2.12. The third-order valence-corrected chi connectivity index (χ3v) is 4.01. The fraction of sp³-hybridized carbons (Fsp3) is 0.333. The van der Waals surface area contributed by atoms with Crippen molar-refractivity contribution in [2.45, 2.75) is 0 Å². The van der Waals surface area contributed by atoms with Crippen molar-refractivity contribution in [1.82, 2.24) is 4.31 Å². The molecule has 8 heteroatoms. The summed E-state index contributed by atoms with van der Waals surface area (Å²) in [6, 6.07) is 2.83. The number of halogens is 2. The maximum Gasteiger partial charge on any atom is 0.301 e. The minimum absolute atomic E-state index is 0.200. The molecule has 0 fully saturated rings. The monoisotopic (exact) mass is 298 g/mol. The zero-order chi connectivity index (χ0) is 13.2. The maximum atomic E-state index is 11.6. The van der Waals surface area contributed by atoms with Crippen LogP contribution in [0.25, 0.3) is 0 Å². The Kier molecular flexibility index (Phi) is 4.48. The summed E-state index contributed by atoms with van der Waals surface area (Å²) in [6.45, 7) is 0. The van der Waals surface area contributed by atoms with Crippen LogP contribution in [-0.4, -0.2) is 33.9 Å². The molecular weight excluding hydrogens is 287 g/mol. The van der Waals surface area contributed by atoms with Gasteiger partial charge in [0.05, 0.1) is 22.8 Å². The number of hydrogen-bond donors (Lipinski definition) is 1. The zero-order valence-corrected chi connectivity index (χ0v) is 11.8. The quantitative estimate of drug-likeness (QED) is 0.927. The Hall–Kier alpha value is -0.690.